The highest BCUT2D eigenvalue weighted by atomic mass is 19.1. The van der Waals surface area contributed by atoms with Gasteiger partial charge in [0, 0.05) is 18.2 Å². The minimum atomic E-state index is -1.04. The first kappa shape index (κ1) is 12.0. The molecule has 0 radical (unpaired) electrons. The van der Waals surface area contributed by atoms with Gasteiger partial charge in [0.1, 0.15) is 12.5 Å². The molecule has 4 N–H and O–H groups in total. The summed E-state index contributed by atoms with van der Waals surface area (Å²) in [6, 6.07) is -0.797. The Balaban J connectivity index is 2.19. The van der Waals surface area contributed by atoms with Gasteiger partial charge < -0.3 is 20.8 Å². The van der Waals surface area contributed by atoms with Gasteiger partial charge in [0.05, 0.1) is 18.8 Å². The fourth-order valence-electron chi connectivity index (χ4n) is 1.97. The van der Waals surface area contributed by atoms with E-state index in [4.69, 9.17) is 10.8 Å². The van der Waals surface area contributed by atoms with Crippen molar-refractivity contribution in [2.45, 2.75) is 18.6 Å². The molecule has 0 fully saturated rings. The number of rotatable bonds is 2. The number of hydrogen-bond acceptors (Lipinski definition) is 5. The molecular formula is C10H13F2N3O2. The van der Waals surface area contributed by atoms with E-state index in [0.29, 0.717) is 0 Å². The maximum absolute atomic E-state index is 13.8. The van der Waals surface area contributed by atoms with E-state index in [1.165, 1.54) is 4.90 Å². The van der Waals surface area contributed by atoms with E-state index in [-0.39, 0.29) is 24.5 Å². The summed E-state index contributed by atoms with van der Waals surface area (Å²) in [4.78, 5) is 5.00. The lowest BCUT2D eigenvalue weighted by atomic mass is 10.2. The van der Waals surface area contributed by atoms with Gasteiger partial charge in [0.25, 0.3) is 0 Å². The molecule has 1 aliphatic heterocycles. The SMILES string of the molecule is NC1=NCN([C@H]2C[C@@H](O)C(CO)=C2F)C=C1F. The van der Waals surface area contributed by atoms with Crippen LogP contribution >= 0.6 is 0 Å². The molecule has 0 spiro atoms. The molecule has 0 aromatic heterocycles. The summed E-state index contributed by atoms with van der Waals surface area (Å²) in [5.74, 6) is -1.57. The molecule has 0 saturated heterocycles. The van der Waals surface area contributed by atoms with E-state index in [0.717, 1.165) is 6.20 Å². The third-order valence-electron chi connectivity index (χ3n) is 2.95. The lowest BCUT2D eigenvalue weighted by Gasteiger charge is -2.27. The van der Waals surface area contributed by atoms with E-state index in [2.05, 4.69) is 4.99 Å². The van der Waals surface area contributed by atoms with Crippen LogP contribution in [0.2, 0.25) is 0 Å². The van der Waals surface area contributed by atoms with Crippen LogP contribution in [0.15, 0.2) is 28.4 Å². The molecule has 2 aliphatic rings. The number of hydrogen-bond donors (Lipinski definition) is 3. The predicted octanol–water partition coefficient (Wildman–Crippen LogP) is -0.223. The first-order valence-corrected chi connectivity index (χ1v) is 5.15. The van der Waals surface area contributed by atoms with Crippen molar-refractivity contribution in [1.29, 1.82) is 0 Å². The van der Waals surface area contributed by atoms with Crippen molar-refractivity contribution in [3.05, 3.63) is 23.4 Å². The average Bonchev–Trinajstić information content (AvgIpc) is 2.58. The van der Waals surface area contributed by atoms with Crippen LogP contribution in [-0.4, -0.2) is 46.4 Å². The predicted molar refractivity (Wildman–Crippen MR) is 57.2 cm³/mol. The van der Waals surface area contributed by atoms with Crippen LogP contribution in [0.4, 0.5) is 8.78 Å². The van der Waals surface area contributed by atoms with Gasteiger partial charge in [-0.3, -0.25) is 0 Å². The topological polar surface area (TPSA) is 82.1 Å². The highest BCUT2D eigenvalue weighted by Crippen LogP contribution is 2.32. The van der Waals surface area contributed by atoms with Crippen molar-refractivity contribution < 1.29 is 19.0 Å². The normalized spacial score (nSPS) is 29.5. The zero-order valence-corrected chi connectivity index (χ0v) is 8.98. The average molecular weight is 245 g/mol. The van der Waals surface area contributed by atoms with Gasteiger partial charge in [-0.2, -0.15) is 0 Å². The Labute approximate surface area is 96.5 Å². The molecule has 0 saturated carbocycles. The Morgan fingerprint density at radius 2 is 2.24 bits per heavy atom. The highest BCUT2D eigenvalue weighted by molar-refractivity contribution is 5.95. The molecule has 0 aromatic rings. The molecule has 0 unspecified atom stereocenters. The summed E-state index contributed by atoms with van der Waals surface area (Å²) in [5.41, 5.74) is 5.19. The van der Waals surface area contributed by atoms with Gasteiger partial charge in [-0.05, 0) is 0 Å². The first-order valence-electron chi connectivity index (χ1n) is 5.15. The lowest BCUT2D eigenvalue weighted by Crippen LogP contribution is -2.35. The maximum Gasteiger partial charge on any atom is 0.180 e. The van der Waals surface area contributed by atoms with Crippen molar-refractivity contribution in [3.63, 3.8) is 0 Å². The molecule has 7 heteroatoms. The second kappa shape index (κ2) is 4.42. The zero-order valence-electron chi connectivity index (χ0n) is 8.98. The van der Waals surface area contributed by atoms with Gasteiger partial charge in [-0.25, -0.2) is 13.8 Å². The summed E-state index contributed by atoms with van der Waals surface area (Å²) >= 11 is 0. The summed E-state index contributed by atoms with van der Waals surface area (Å²) in [6.45, 7) is -0.516. The lowest BCUT2D eigenvalue weighted by molar-refractivity contribution is 0.167. The molecule has 1 heterocycles. The van der Waals surface area contributed by atoms with Crippen LogP contribution < -0.4 is 5.73 Å². The van der Waals surface area contributed by atoms with Crippen molar-refractivity contribution in [3.8, 4) is 0 Å². The molecule has 2 rings (SSSR count). The third-order valence-corrected chi connectivity index (χ3v) is 2.95. The van der Waals surface area contributed by atoms with E-state index in [1.54, 1.807) is 0 Å². The Morgan fingerprint density at radius 1 is 1.53 bits per heavy atom. The monoisotopic (exact) mass is 245 g/mol. The molecule has 5 nitrogen and oxygen atoms in total. The largest absolute Gasteiger partial charge is 0.392 e. The summed E-state index contributed by atoms with van der Waals surface area (Å²) in [7, 11) is 0. The van der Waals surface area contributed by atoms with Gasteiger partial charge in [-0.1, -0.05) is 0 Å². The third kappa shape index (κ3) is 2.03. The van der Waals surface area contributed by atoms with E-state index >= 15 is 0 Å². The molecular weight excluding hydrogens is 232 g/mol. The van der Waals surface area contributed by atoms with Gasteiger partial charge in [-0.15, -0.1) is 0 Å². The van der Waals surface area contributed by atoms with Crippen molar-refractivity contribution in [2.24, 2.45) is 10.7 Å². The van der Waals surface area contributed by atoms with E-state index in [1.807, 2.05) is 0 Å². The van der Waals surface area contributed by atoms with Crippen molar-refractivity contribution in [2.75, 3.05) is 13.3 Å². The quantitative estimate of drug-likeness (QED) is 0.628. The highest BCUT2D eigenvalue weighted by Gasteiger charge is 2.36. The molecule has 0 amide bonds. The second-order valence-electron chi connectivity index (χ2n) is 3.97. The van der Waals surface area contributed by atoms with Crippen molar-refractivity contribution >= 4 is 5.84 Å². The number of aliphatic hydroxyl groups excluding tert-OH is 2. The number of nitrogens with two attached hydrogens (primary N) is 1. The van der Waals surface area contributed by atoms with Gasteiger partial charge in [0.15, 0.2) is 11.7 Å². The standard InChI is InChI=1S/C10H13F2N3O2/c11-6-2-15(4-14-10(6)13)7-1-8(17)5(3-16)9(7)12/h2,7-8,16-17H,1,3-4H2,(H2,13,14)/t7-,8+/m0/s1. The molecule has 1 aliphatic carbocycles. The maximum atomic E-state index is 13.8. The second-order valence-corrected chi connectivity index (χ2v) is 3.97. The van der Waals surface area contributed by atoms with Crippen LogP contribution in [0.25, 0.3) is 0 Å². The smallest absolute Gasteiger partial charge is 0.180 e. The number of aliphatic hydroxyl groups is 2. The Hall–Kier alpha value is -1.47. The van der Waals surface area contributed by atoms with E-state index in [9.17, 15) is 13.9 Å². The van der Waals surface area contributed by atoms with Gasteiger partial charge >= 0.3 is 0 Å². The van der Waals surface area contributed by atoms with Gasteiger partial charge in [0.2, 0.25) is 0 Å². The van der Waals surface area contributed by atoms with Crippen LogP contribution in [0, 0.1) is 0 Å². The minimum Gasteiger partial charge on any atom is -0.392 e. The summed E-state index contributed by atoms with van der Waals surface area (Å²) < 4.78 is 27.0. The van der Waals surface area contributed by atoms with E-state index < -0.39 is 30.4 Å². The molecule has 17 heavy (non-hydrogen) atoms. The van der Waals surface area contributed by atoms with Crippen molar-refractivity contribution in [1.82, 2.24) is 4.90 Å². The number of amidine groups is 1. The molecule has 0 aromatic carbocycles. The first-order chi connectivity index (χ1) is 8.04. The van der Waals surface area contributed by atoms with Crippen LogP contribution in [0.5, 0.6) is 0 Å². The van der Waals surface area contributed by atoms with Crippen LogP contribution in [0.3, 0.4) is 0 Å². The van der Waals surface area contributed by atoms with Crippen LogP contribution in [-0.2, 0) is 0 Å². The Bertz CT molecular complexity index is 420. The molecule has 2 atom stereocenters. The number of nitrogens with zero attached hydrogens (tertiary/aromatic N) is 2. The Morgan fingerprint density at radius 3 is 2.76 bits per heavy atom. The number of halogens is 2. The minimum absolute atomic E-state index is 0.0305. The number of aliphatic imine (C=N–C) groups is 1. The molecule has 94 valence electrons. The molecule has 0 bridgehead atoms. The fourth-order valence-corrected chi connectivity index (χ4v) is 1.97. The fraction of sp³-hybridized carbons (Fsp3) is 0.500. The summed E-state index contributed by atoms with van der Waals surface area (Å²) in [6.07, 6.45) is 0.102. The Kier molecular flexibility index (Phi) is 3.12. The van der Waals surface area contributed by atoms with Crippen LogP contribution in [0.1, 0.15) is 6.42 Å². The summed E-state index contributed by atoms with van der Waals surface area (Å²) in [5, 5.41) is 18.4. The zero-order chi connectivity index (χ0) is 12.6.